The fourth-order valence-corrected chi connectivity index (χ4v) is 3.30. The van der Waals surface area contributed by atoms with Crippen LogP contribution in [0.4, 0.5) is 0 Å². The molecule has 2 atom stereocenters. The highest BCUT2D eigenvalue weighted by atomic mass is 16.3. The number of β-amino-alcohol motifs (C(OH)–C–C–N with tert-alkyl or cyclic N) is 1. The summed E-state index contributed by atoms with van der Waals surface area (Å²) in [6.07, 6.45) is 4.77. The zero-order valence-electron chi connectivity index (χ0n) is 13.7. The number of piperidine rings is 1. The van der Waals surface area contributed by atoms with Gasteiger partial charge in [0.05, 0.1) is 11.6 Å². The maximum Gasteiger partial charge on any atom is 0.220 e. The average molecular weight is 328 g/mol. The molecule has 2 heterocycles. The first-order valence-corrected chi connectivity index (χ1v) is 8.43. The van der Waals surface area contributed by atoms with Gasteiger partial charge < -0.3 is 15.7 Å². The van der Waals surface area contributed by atoms with E-state index in [0.717, 1.165) is 12.1 Å². The van der Waals surface area contributed by atoms with Crippen LogP contribution in [-0.2, 0) is 16.9 Å². The lowest BCUT2D eigenvalue weighted by Crippen LogP contribution is -2.61. The number of rotatable bonds is 6. The molecule has 1 aliphatic heterocycles. The molecule has 0 aliphatic carbocycles. The van der Waals surface area contributed by atoms with E-state index in [0.29, 0.717) is 32.4 Å². The first kappa shape index (κ1) is 16.7. The number of aromatic nitrogens is 2. The molecule has 24 heavy (non-hydrogen) atoms. The number of aliphatic hydroxyl groups is 1. The van der Waals surface area contributed by atoms with Crippen LogP contribution in [0.5, 0.6) is 0 Å². The van der Waals surface area contributed by atoms with E-state index in [4.69, 9.17) is 0 Å². The topological polar surface area (TPSA) is 79.2 Å². The Hall–Kier alpha value is -2.18. The second-order valence-electron chi connectivity index (χ2n) is 6.23. The van der Waals surface area contributed by atoms with Crippen molar-refractivity contribution >= 4 is 5.91 Å². The summed E-state index contributed by atoms with van der Waals surface area (Å²) < 4.78 is 1.82. The van der Waals surface area contributed by atoms with Crippen LogP contribution in [-0.4, -0.2) is 40.0 Å². The normalized spacial score (nSPS) is 23.8. The van der Waals surface area contributed by atoms with Gasteiger partial charge in [-0.15, -0.1) is 0 Å². The van der Waals surface area contributed by atoms with Gasteiger partial charge >= 0.3 is 0 Å². The SMILES string of the molecule is O=C(CCCn1cccn1)N[C@]1(c2ccccc2)CCNC[C@H]1O. The molecule has 0 bridgehead atoms. The predicted octanol–water partition coefficient (Wildman–Crippen LogP) is 1.03. The lowest BCUT2D eigenvalue weighted by molar-refractivity contribution is -0.126. The Morgan fingerprint density at radius 2 is 2.21 bits per heavy atom. The molecule has 0 saturated carbocycles. The maximum absolute atomic E-state index is 12.5. The van der Waals surface area contributed by atoms with Gasteiger partial charge in [-0.1, -0.05) is 30.3 Å². The maximum atomic E-state index is 12.5. The lowest BCUT2D eigenvalue weighted by atomic mass is 9.79. The first-order valence-electron chi connectivity index (χ1n) is 8.43. The van der Waals surface area contributed by atoms with Crippen molar-refractivity contribution in [2.24, 2.45) is 0 Å². The van der Waals surface area contributed by atoms with Crippen molar-refractivity contribution in [3.63, 3.8) is 0 Å². The summed E-state index contributed by atoms with van der Waals surface area (Å²) in [4.78, 5) is 12.5. The Labute approximate surface area is 141 Å². The molecular weight excluding hydrogens is 304 g/mol. The highest BCUT2D eigenvalue weighted by Crippen LogP contribution is 2.31. The monoisotopic (exact) mass is 328 g/mol. The third kappa shape index (κ3) is 3.66. The summed E-state index contributed by atoms with van der Waals surface area (Å²) in [6.45, 7) is 1.95. The molecule has 3 N–H and O–H groups in total. The fourth-order valence-electron chi connectivity index (χ4n) is 3.30. The molecule has 6 heteroatoms. The van der Waals surface area contributed by atoms with Crippen LogP contribution in [0.1, 0.15) is 24.8 Å². The second kappa shape index (κ2) is 7.59. The predicted molar refractivity (Wildman–Crippen MR) is 91.2 cm³/mol. The van der Waals surface area contributed by atoms with Crippen LogP contribution in [0.25, 0.3) is 0 Å². The molecular formula is C18H24N4O2. The number of aryl methyl sites for hydroxylation is 1. The molecule has 1 aromatic heterocycles. The van der Waals surface area contributed by atoms with E-state index in [1.807, 2.05) is 47.3 Å². The van der Waals surface area contributed by atoms with Gasteiger partial charge in [0.25, 0.3) is 0 Å². The van der Waals surface area contributed by atoms with Crippen LogP contribution < -0.4 is 10.6 Å². The fraction of sp³-hybridized carbons (Fsp3) is 0.444. The average Bonchev–Trinajstić information content (AvgIpc) is 3.11. The van der Waals surface area contributed by atoms with Gasteiger partial charge in [0, 0.05) is 31.9 Å². The number of carbonyl (C=O) groups is 1. The highest BCUT2D eigenvalue weighted by Gasteiger charge is 2.42. The molecule has 6 nitrogen and oxygen atoms in total. The van der Waals surface area contributed by atoms with Crippen molar-refractivity contribution < 1.29 is 9.90 Å². The number of carbonyl (C=O) groups excluding carboxylic acids is 1. The van der Waals surface area contributed by atoms with Gasteiger partial charge in [0.15, 0.2) is 0 Å². The number of nitrogens with zero attached hydrogens (tertiary/aromatic N) is 2. The number of nitrogens with one attached hydrogen (secondary N) is 2. The molecule has 1 saturated heterocycles. The molecule has 1 aromatic carbocycles. The largest absolute Gasteiger partial charge is 0.389 e. The summed E-state index contributed by atoms with van der Waals surface area (Å²) in [5.74, 6) is -0.0352. The summed E-state index contributed by atoms with van der Waals surface area (Å²) >= 11 is 0. The Morgan fingerprint density at radius 3 is 2.92 bits per heavy atom. The number of hydrogen-bond acceptors (Lipinski definition) is 4. The van der Waals surface area contributed by atoms with E-state index in [2.05, 4.69) is 15.7 Å². The standard InChI is InChI=1S/C18H24N4O2/c23-16-14-19-11-9-18(16,15-6-2-1-3-7-15)21-17(24)8-4-12-22-13-5-10-20-22/h1-3,5-7,10,13,16,19,23H,4,8-9,11-12,14H2,(H,21,24)/t16-,18+/m1/s1. The summed E-state index contributed by atoms with van der Waals surface area (Å²) in [5.41, 5.74) is 0.245. The number of hydrogen-bond donors (Lipinski definition) is 3. The molecule has 1 aliphatic rings. The minimum absolute atomic E-state index is 0.0352. The second-order valence-corrected chi connectivity index (χ2v) is 6.23. The molecule has 1 fully saturated rings. The third-order valence-corrected chi connectivity index (χ3v) is 4.60. The lowest BCUT2D eigenvalue weighted by Gasteiger charge is -2.43. The van der Waals surface area contributed by atoms with E-state index in [1.54, 1.807) is 6.20 Å². The van der Waals surface area contributed by atoms with Crippen LogP contribution in [0.2, 0.25) is 0 Å². The minimum Gasteiger partial charge on any atom is -0.389 e. The van der Waals surface area contributed by atoms with Gasteiger partial charge in [-0.2, -0.15) is 5.10 Å². The van der Waals surface area contributed by atoms with Crippen LogP contribution in [0.15, 0.2) is 48.8 Å². The van der Waals surface area contributed by atoms with Gasteiger partial charge in [-0.25, -0.2) is 0 Å². The number of amides is 1. The van der Waals surface area contributed by atoms with Crippen molar-refractivity contribution in [1.82, 2.24) is 20.4 Å². The molecule has 1 amide bonds. The van der Waals surface area contributed by atoms with Crippen LogP contribution in [0.3, 0.4) is 0 Å². The van der Waals surface area contributed by atoms with Gasteiger partial charge in [0.2, 0.25) is 5.91 Å². The van der Waals surface area contributed by atoms with Crippen molar-refractivity contribution in [2.45, 2.75) is 37.5 Å². The smallest absolute Gasteiger partial charge is 0.220 e. The van der Waals surface area contributed by atoms with E-state index < -0.39 is 11.6 Å². The quantitative estimate of drug-likeness (QED) is 0.740. The summed E-state index contributed by atoms with van der Waals surface area (Å²) in [5, 5.41) is 21.0. The minimum atomic E-state index is -0.713. The zero-order valence-corrected chi connectivity index (χ0v) is 13.7. The van der Waals surface area contributed by atoms with E-state index in [9.17, 15) is 9.90 Å². The Morgan fingerprint density at radius 1 is 1.38 bits per heavy atom. The Balaban J connectivity index is 1.66. The highest BCUT2D eigenvalue weighted by molar-refractivity contribution is 5.77. The zero-order chi connectivity index (χ0) is 16.8. The van der Waals surface area contributed by atoms with Gasteiger partial charge in [0.1, 0.15) is 0 Å². The first-order chi connectivity index (χ1) is 11.7. The van der Waals surface area contributed by atoms with E-state index >= 15 is 0 Å². The molecule has 128 valence electrons. The third-order valence-electron chi connectivity index (χ3n) is 4.60. The van der Waals surface area contributed by atoms with Gasteiger partial charge in [-0.3, -0.25) is 9.48 Å². The van der Waals surface area contributed by atoms with E-state index in [-0.39, 0.29) is 5.91 Å². The van der Waals surface area contributed by atoms with Crippen molar-refractivity contribution in [3.8, 4) is 0 Å². The van der Waals surface area contributed by atoms with Crippen LogP contribution in [0, 0.1) is 0 Å². The van der Waals surface area contributed by atoms with Crippen molar-refractivity contribution in [1.29, 1.82) is 0 Å². The molecule has 0 unspecified atom stereocenters. The summed E-state index contributed by atoms with van der Waals surface area (Å²) in [7, 11) is 0. The molecule has 0 radical (unpaired) electrons. The number of benzene rings is 1. The van der Waals surface area contributed by atoms with Gasteiger partial charge in [-0.05, 0) is 31.0 Å². The van der Waals surface area contributed by atoms with E-state index in [1.165, 1.54) is 0 Å². The molecule has 3 rings (SSSR count). The number of aliphatic hydroxyl groups excluding tert-OH is 1. The Kier molecular flexibility index (Phi) is 5.27. The molecule has 2 aromatic rings. The van der Waals surface area contributed by atoms with Crippen molar-refractivity contribution in [2.75, 3.05) is 13.1 Å². The van der Waals surface area contributed by atoms with Crippen molar-refractivity contribution in [3.05, 3.63) is 54.4 Å². The Bertz CT molecular complexity index is 644. The summed E-state index contributed by atoms with van der Waals surface area (Å²) in [6, 6.07) is 11.6. The van der Waals surface area contributed by atoms with Crippen LogP contribution >= 0.6 is 0 Å². The molecule has 0 spiro atoms.